The summed E-state index contributed by atoms with van der Waals surface area (Å²) in [5, 5.41) is -0.394. The van der Waals surface area contributed by atoms with E-state index in [0.29, 0.717) is 27.9 Å². The van der Waals surface area contributed by atoms with Gasteiger partial charge in [0.25, 0.3) is 6.43 Å². The zero-order chi connectivity index (χ0) is 15.6. The van der Waals surface area contributed by atoms with Gasteiger partial charge in [0.2, 0.25) is 0 Å². The first-order valence-corrected chi connectivity index (χ1v) is 7.48. The first-order valence-electron chi connectivity index (χ1n) is 6.25. The third-order valence-electron chi connectivity index (χ3n) is 2.88. The van der Waals surface area contributed by atoms with Crippen molar-refractivity contribution in [2.45, 2.75) is 25.3 Å². The van der Waals surface area contributed by atoms with Crippen LogP contribution in [0.15, 0.2) is 16.6 Å². The number of benzene rings is 1. The molecule has 1 atom stereocenters. The maximum atomic E-state index is 13.5. The molecule has 1 aromatic carbocycles. The molecule has 0 aliphatic carbocycles. The number of fused-ring (bicyclic) bond motifs is 1. The minimum Gasteiger partial charge on any atom is -0.374 e. The van der Waals surface area contributed by atoms with Crippen molar-refractivity contribution in [1.29, 1.82) is 0 Å². The fraction of sp³-hybridized carbons (Fsp3) is 0.462. The third kappa shape index (κ3) is 3.90. The monoisotopic (exact) mass is 384 g/mol. The smallest absolute Gasteiger partial charge is 0.261 e. The zero-order valence-electron chi connectivity index (χ0n) is 11.1. The summed E-state index contributed by atoms with van der Waals surface area (Å²) in [7, 11) is 0. The summed E-state index contributed by atoms with van der Waals surface area (Å²) in [4.78, 5) is 4.29. The Morgan fingerprint density at radius 2 is 2.14 bits per heavy atom. The third-order valence-corrected chi connectivity index (χ3v) is 3.68. The van der Waals surface area contributed by atoms with Crippen molar-refractivity contribution in [3.8, 4) is 0 Å². The number of hydrogen-bond acceptors (Lipinski definition) is 2. The second-order valence-electron chi connectivity index (χ2n) is 4.46. The number of rotatable bonds is 6. The van der Waals surface area contributed by atoms with Crippen LogP contribution in [-0.4, -0.2) is 29.2 Å². The lowest BCUT2D eigenvalue weighted by Gasteiger charge is -2.11. The van der Waals surface area contributed by atoms with Gasteiger partial charge < -0.3 is 9.30 Å². The van der Waals surface area contributed by atoms with Crippen LogP contribution in [0.25, 0.3) is 11.0 Å². The normalized spacial score (nSPS) is 13.3. The molecule has 0 bridgehead atoms. The molecule has 0 spiro atoms. The second-order valence-corrected chi connectivity index (χ2v) is 5.97. The van der Waals surface area contributed by atoms with Gasteiger partial charge in [0, 0.05) is 12.6 Å². The molecule has 0 radical (unpaired) electrons. The van der Waals surface area contributed by atoms with Crippen molar-refractivity contribution >= 4 is 38.6 Å². The van der Waals surface area contributed by atoms with Gasteiger partial charge in [-0.15, -0.1) is 11.6 Å². The molecule has 1 unspecified atom stereocenters. The summed E-state index contributed by atoms with van der Waals surface area (Å²) < 4.78 is 44.6. The molecule has 0 amide bonds. The molecule has 0 aliphatic rings. The van der Waals surface area contributed by atoms with E-state index in [4.69, 9.17) is 16.3 Å². The summed E-state index contributed by atoms with van der Waals surface area (Å²) in [6.45, 7) is 1.54. The van der Waals surface area contributed by atoms with Crippen LogP contribution in [0.4, 0.5) is 13.2 Å². The largest absolute Gasteiger partial charge is 0.374 e. The molecule has 2 aromatic rings. The van der Waals surface area contributed by atoms with Gasteiger partial charge >= 0.3 is 0 Å². The number of imidazole rings is 1. The molecule has 1 heterocycles. The van der Waals surface area contributed by atoms with Crippen LogP contribution in [0.1, 0.15) is 18.1 Å². The maximum absolute atomic E-state index is 13.5. The van der Waals surface area contributed by atoms with Gasteiger partial charge in [0.15, 0.2) is 0 Å². The first-order chi connectivity index (χ1) is 9.90. The van der Waals surface area contributed by atoms with Gasteiger partial charge in [-0.1, -0.05) is 0 Å². The van der Waals surface area contributed by atoms with E-state index >= 15 is 0 Å². The van der Waals surface area contributed by atoms with Gasteiger partial charge in [-0.25, -0.2) is 18.2 Å². The number of alkyl halides is 3. The van der Waals surface area contributed by atoms with Crippen molar-refractivity contribution in [1.82, 2.24) is 9.55 Å². The van der Waals surface area contributed by atoms with Crippen LogP contribution in [0.2, 0.25) is 0 Å². The highest BCUT2D eigenvalue weighted by Gasteiger charge is 2.17. The van der Waals surface area contributed by atoms with Crippen LogP contribution in [0, 0.1) is 5.82 Å². The van der Waals surface area contributed by atoms with E-state index in [0.717, 1.165) is 0 Å². The summed E-state index contributed by atoms with van der Waals surface area (Å²) in [6, 6.07) is 2.90. The molecule has 0 N–H and O–H groups in total. The van der Waals surface area contributed by atoms with Crippen molar-refractivity contribution in [3.05, 3.63) is 28.2 Å². The lowest BCUT2D eigenvalue weighted by molar-refractivity contribution is 0.0148. The van der Waals surface area contributed by atoms with E-state index < -0.39 is 24.2 Å². The van der Waals surface area contributed by atoms with Crippen LogP contribution >= 0.6 is 27.5 Å². The summed E-state index contributed by atoms with van der Waals surface area (Å²) in [5.41, 5.74) is 1.14. The molecular formula is C13H13BrClF3N2O. The Balaban J connectivity index is 2.30. The van der Waals surface area contributed by atoms with Crippen molar-refractivity contribution in [3.63, 3.8) is 0 Å². The standard InChI is InChI=1S/C13H13BrClF3N2O/c1-7(15)13-19-10-5-9(16)8(14)4-11(10)20(13)2-3-21-6-12(17)18/h4-5,7,12H,2-3,6H2,1H3. The lowest BCUT2D eigenvalue weighted by atomic mass is 10.3. The van der Waals surface area contributed by atoms with E-state index in [9.17, 15) is 13.2 Å². The lowest BCUT2D eigenvalue weighted by Crippen LogP contribution is -2.13. The van der Waals surface area contributed by atoms with Gasteiger partial charge in [0.1, 0.15) is 18.2 Å². The van der Waals surface area contributed by atoms with Crippen LogP contribution in [0.3, 0.4) is 0 Å². The summed E-state index contributed by atoms with van der Waals surface area (Å²) >= 11 is 9.19. The van der Waals surface area contributed by atoms with Crippen molar-refractivity contribution in [2.24, 2.45) is 0 Å². The molecule has 0 saturated heterocycles. The van der Waals surface area contributed by atoms with E-state index in [2.05, 4.69) is 20.9 Å². The Kier molecular flexibility index (Phi) is 5.51. The van der Waals surface area contributed by atoms with E-state index in [-0.39, 0.29) is 6.61 Å². The molecule has 0 fully saturated rings. The fourth-order valence-corrected chi connectivity index (χ4v) is 2.50. The summed E-state index contributed by atoms with van der Waals surface area (Å²) in [6.07, 6.45) is -2.50. The van der Waals surface area contributed by atoms with Gasteiger partial charge in [-0.2, -0.15) is 0 Å². The molecular weight excluding hydrogens is 373 g/mol. The van der Waals surface area contributed by atoms with E-state index in [1.165, 1.54) is 6.07 Å². The quantitative estimate of drug-likeness (QED) is 0.540. The van der Waals surface area contributed by atoms with Crippen LogP contribution in [0.5, 0.6) is 0 Å². The molecule has 3 nitrogen and oxygen atoms in total. The number of aromatic nitrogens is 2. The highest BCUT2D eigenvalue weighted by atomic mass is 79.9. The van der Waals surface area contributed by atoms with Gasteiger partial charge in [-0.05, 0) is 28.9 Å². The predicted octanol–water partition coefficient (Wildman–Crippen LogP) is 4.52. The summed E-state index contributed by atoms with van der Waals surface area (Å²) in [5.74, 6) is 0.125. The van der Waals surface area contributed by atoms with Gasteiger partial charge in [0.05, 0.1) is 27.5 Å². The molecule has 0 aliphatic heterocycles. The highest BCUT2D eigenvalue weighted by Crippen LogP contribution is 2.28. The Hall–Kier alpha value is -0.790. The SMILES string of the molecule is CC(Cl)c1nc2cc(F)c(Br)cc2n1CCOCC(F)F. The molecule has 1 aromatic heterocycles. The molecule has 116 valence electrons. The van der Waals surface area contributed by atoms with Crippen molar-refractivity contribution in [2.75, 3.05) is 13.2 Å². The number of ether oxygens (including phenoxy) is 1. The molecule has 8 heteroatoms. The maximum Gasteiger partial charge on any atom is 0.261 e. The predicted molar refractivity (Wildman–Crippen MR) is 78.5 cm³/mol. The zero-order valence-corrected chi connectivity index (χ0v) is 13.5. The van der Waals surface area contributed by atoms with E-state index in [1.807, 2.05) is 0 Å². The van der Waals surface area contributed by atoms with Crippen LogP contribution < -0.4 is 0 Å². The Bertz CT molecular complexity index is 633. The first kappa shape index (κ1) is 16.6. The minimum absolute atomic E-state index is 0.0986. The topological polar surface area (TPSA) is 27.1 Å². The number of hydrogen-bond donors (Lipinski definition) is 0. The molecule has 2 rings (SSSR count). The average Bonchev–Trinajstić information content (AvgIpc) is 2.73. The van der Waals surface area contributed by atoms with Crippen LogP contribution in [-0.2, 0) is 11.3 Å². The second kappa shape index (κ2) is 6.98. The average molecular weight is 386 g/mol. The highest BCUT2D eigenvalue weighted by molar-refractivity contribution is 9.10. The molecule has 21 heavy (non-hydrogen) atoms. The van der Waals surface area contributed by atoms with Gasteiger partial charge in [-0.3, -0.25) is 0 Å². The van der Waals surface area contributed by atoms with E-state index in [1.54, 1.807) is 17.6 Å². The Morgan fingerprint density at radius 1 is 1.43 bits per heavy atom. The Morgan fingerprint density at radius 3 is 2.76 bits per heavy atom. The number of halogens is 5. The Labute approximate surface area is 133 Å². The minimum atomic E-state index is -2.50. The fourth-order valence-electron chi connectivity index (χ4n) is 2.01. The van der Waals surface area contributed by atoms with Crippen molar-refractivity contribution < 1.29 is 17.9 Å². The number of nitrogens with zero attached hydrogens (tertiary/aromatic N) is 2. The molecule has 0 saturated carbocycles.